The average molecular weight is 593 g/mol. The van der Waals surface area contributed by atoms with Crippen molar-refractivity contribution in [3.8, 4) is 0 Å². The molecule has 3 aromatic rings. The molecule has 8 nitrogen and oxygen atoms in total. The summed E-state index contributed by atoms with van der Waals surface area (Å²) in [6.07, 6.45) is -4.24. The number of anilines is 2. The summed E-state index contributed by atoms with van der Waals surface area (Å²) in [5.74, 6) is -4.95. The molecule has 1 unspecified atom stereocenters. The van der Waals surface area contributed by atoms with Crippen LogP contribution in [0.3, 0.4) is 0 Å². The Morgan fingerprint density at radius 3 is 2.44 bits per heavy atom. The molecule has 2 aromatic carbocycles. The van der Waals surface area contributed by atoms with E-state index in [1.54, 1.807) is 12.4 Å². The summed E-state index contributed by atoms with van der Waals surface area (Å²) >= 11 is 1.03. The minimum Gasteiger partial charge on any atom is -0.475 e. The fraction of sp³-hybridized carbons (Fsp3) is 0.333. The van der Waals surface area contributed by atoms with Crippen LogP contribution in [-0.4, -0.2) is 61.1 Å². The molecule has 0 spiro atoms. The van der Waals surface area contributed by atoms with Gasteiger partial charge in [0, 0.05) is 49.4 Å². The van der Waals surface area contributed by atoms with E-state index in [0.717, 1.165) is 43.7 Å². The van der Waals surface area contributed by atoms with E-state index in [2.05, 4.69) is 26.1 Å². The van der Waals surface area contributed by atoms with E-state index >= 15 is 4.39 Å². The molecule has 15 heteroatoms. The number of carboxylic acid groups (broad SMARTS) is 1. The first kappa shape index (κ1) is 30.2. The second-order valence-electron chi connectivity index (χ2n) is 8.71. The lowest BCUT2D eigenvalue weighted by Crippen LogP contribution is -2.35. The summed E-state index contributed by atoms with van der Waals surface area (Å²) in [5, 5.41) is 8.69. The summed E-state index contributed by atoms with van der Waals surface area (Å²) in [5.41, 5.74) is 1.65. The van der Waals surface area contributed by atoms with Crippen LogP contribution in [0.5, 0.6) is 0 Å². The Kier molecular flexibility index (Phi) is 9.51. The highest BCUT2D eigenvalue weighted by molar-refractivity contribution is 7.92. The third-order valence-corrected chi connectivity index (χ3v) is 7.95. The van der Waals surface area contributed by atoms with Crippen LogP contribution in [0.25, 0.3) is 0 Å². The number of carboxylic acids is 1. The molecule has 1 fully saturated rings. The van der Waals surface area contributed by atoms with E-state index in [1.807, 2.05) is 23.1 Å². The van der Waals surface area contributed by atoms with Crippen molar-refractivity contribution in [2.45, 2.75) is 37.0 Å². The van der Waals surface area contributed by atoms with Crippen LogP contribution in [0.4, 0.5) is 33.5 Å². The van der Waals surface area contributed by atoms with Gasteiger partial charge in [0.15, 0.2) is 16.5 Å². The van der Waals surface area contributed by atoms with E-state index in [9.17, 15) is 26.0 Å². The van der Waals surface area contributed by atoms with Gasteiger partial charge in [-0.1, -0.05) is 30.3 Å². The topological polar surface area (TPSA) is 103 Å². The zero-order chi connectivity index (χ0) is 29.0. The van der Waals surface area contributed by atoms with E-state index < -0.39 is 38.7 Å². The molecular formula is C24H25F5N4O4S2. The number of hydrogen-bond donors (Lipinski definition) is 2. The molecule has 0 aliphatic carbocycles. The Morgan fingerprint density at radius 1 is 1.23 bits per heavy atom. The number of aromatic nitrogens is 1. The van der Waals surface area contributed by atoms with Crippen molar-refractivity contribution in [1.29, 1.82) is 0 Å². The molecular weight excluding hydrogens is 567 g/mol. The van der Waals surface area contributed by atoms with Gasteiger partial charge in [-0.3, -0.25) is 9.62 Å². The van der Waals surface area contributed by atoms with Gasteiger partial charge in [0.2, 0.25) is 0 Å². The summed E-state index contributed by atoms with van der Waals surface area (Å²) in [6, 6.07) is 12.7. The maximum atomic E-state index is 15.1. The Hall–Kier alpha value is -3.30. The molecule has 1 aliphatic heterocycles. The van der Waals surface area contributed by atoms with Crippen molar-refractivity contribution in [3.05, 3.63) is 70.6 Å². The number of aliphatic carboxylic acids is 1. The summed E-state index contributed by atoms with van der Waals surface area (Å²) in [6.45, 7) is 3.91. The third kappa shape index (κ3) is 7.64. The molecule has 2 N–H and O–H groups in total. The molecule has 1 aromatic heterocycles. The fourth-order valence-corrected chi connectivity index (χ4v) is 5.78. The molecule has 0 bridgehead atoms. The molecule has 0 saturated carbocycles. The molecule has 1 aliphatic rings. The highest BCUT2D eigenvalue weighted by Crippen LogP contribution is 2.33. The number of hydrogen-bond acceptors (Lipinski definition) is 7. The molecule has 39 heavy (non-hydrogen) atoms. The third-order valence-electron chi connectivity index (χ3n) is 6.01. The van der Waals surface area contributed by atoms with E-state index in [1.165, 1.54) is 18.6 Å². The number of rotatable bonds is 7. The number of benzene rings is 2. The van der Waals surface area contributed by atoms with Crippen LogP contribution in [0, 0.1) is 18.6 Å². The number of alkyl halides is 3. The van der Waals surface area contributed by atoms with Crippen molar-refractivity contribution < 1.29 is 40.3 Å². The van der Waals surface area contributed by atoms with Crippen molar-refractivity contribution in [2.24, 2.45) is 0 Å². The first-order valence-corrected chi connectivity index (χ1v) is 13.7. The summed E-state index contributed by atoms with van der Waals surface area (Å²) in [7, 11) is -2.66. The smallest absolute Gasteiger partial charge is 0.475 e. The van der Waals surface area contributed by atoms with Gasteiger partial charge in [0.25, 0.3) is 10.0 Å². The number of carbonyl (C=O) groups is 1. The summed E-state index contributed by atoms with van der Waals surface area (Å²) < 4.78 is 93.0. The number of halogens is 5. The predicted molar refractivity (Wildman–Crippen MR) is 136 cm³/mol. The molecule has 0 radical (unpaired) electrons. The normalized spacial score (nSPS) is 15.9. The lowest BCUT2D eigenvalue weighted by atomic mass is 10.1. The first-order valence-electron chi connectivity index (χ1n) is 11.4. The number of nitrogens with one attached hydrogen (secondary N) is 1. The van der Waals surface area contributed by atoms with E-state index in [-0.39, 0.29) is 17.4 Å². The van der Waals surface area contributed by atoms with Crippen molar-refractivity contribution >= 4 is 39.0 Å². The Morgan fingerprint density at radius 2 is 1.87 bits per heavy atom. The minimum atomic E-state index is -5.08. The standard InChI is InChI=1S/C22H24F2N4O2S2.C2HF3O2/c1-15-19(27(2)17-8-10-28(14-17)13-16-6-4-3-5-7-16)12-18(23)22(21(15)24)32(29,30)26-20-9-11-31-25-20;3-2(4,5)1(6)7/h3-7,9,11-12,17H,8,10,13-14H2,1-2H3,(H,25,26);(H,6,7). The van der Waals surface area contributed by atoms with Gasteiger partial charge < -0.3 is 10.0 Å². The number of likely N-dealkylation sites (N-methyl/N-ethyl adjacent to an activating group) is 1. The molecule has 212 valence electrons. The Balaban J connectivity index is 0.000000532. The predicted octanol–water partition coefficient (Wildman–Crippen LogP) is 4.87. The van der Waals surface area contributed by atoms with E-state index in [4.69, 9.17) is 9.90 Å². The number of nitrogens with zero attached hydrogens (tertiary/aromatic N) is 3. The Labute approximate surface area is 225 Å². The SMILES string of the molecule is Cc1c(N(C)C2CCN(Cc3ccccc3)C2)cc(F)c(S(=O)(=O)Nc2ccsn2)c1F.O=C(O)C(F)(F)F. The molecule has 1 atom stereocenters. The average Bonchev–Trinajstić information content (AvgIpc) is 3.53. The van der Waals surface area contributed by atoms with Crippen LogP contribution in [-0.2, 0) is 21.4 Å². The molecule has 2 heterocycles. The van der Waals surface area contributed by atoms with Crippen molar-refractivity contribution in [1.82, 2.24) is 9.27 Å². The van der Waals surface area contributed by atoms with Gasteiger partial charge in [-0.15, -0.1) is 0 Å². The van der Waals surface area contributed by atoms with E-state index in [0.29, 0.717) is 5.69 Å². The van der Waals surface area contributed by atoms with Crippen LogP contribution in [0.2, 0.25) is 0 Å². The van der Waals surface area contributed by atoms with Gasteiger partial charge in [-0.25, -0.2) is 22.0 Å². The number of sulfonamides is 1. The van der Waals surface area contributed by atoms with Gasteiger partial charge in [0.1, 0.15) is 5.82 Å². The second kappa shape index (κ2) is 12.3. The first-order chi connectivity index (χ1) is 18.2. The maximum absolute atomic E-state index is 15.1. The Bertz CT molecular complexity index is 1390. The highest BCUT2D eigenvalue weighted by Gasteiger charge is 2.38. The quantitative estimate of drug-likeness (QED) is 0.378. The summed E-state index contributed by atoms with van der Waals surface area (Å²) in [4.78, 5) is 12.1. The van der Waals surface area contributed by atoms with Crippen LogP contribution >= 0.6 is 11.5 Å². The van der Waals surface area contributed by atoms with Gasteiger partial charge >= 0.3 is 12.1 Å². The second-order valence-corrected chi connectivity index (χ2v) is 11.0. The monoisotopic (exact) mass is 592 g/mol. The van der Waals surface area contributed by atoms with Crippen molar-refractivity contribution in [3.63, 3.8) is 0 Å². The van der Waals surface area contributed by atoms with Crippen LogP contribution < -0.4 is 9.62 Å². The molecule has 0 amide bonds. The lowest BCUT2D eigenvalue weighted by molar-refractivity contribution is -0.192. The van der Waals surface area contributed by atoms with Gasteiger partial charge in [-0.2, -0.15) is 17.5 Å². The largest absolute Gasteiger partial charge is 0.490 e. The zero-order valence-corrected chi connectivity index (χ0v) is 22.4. The lowest BCUT2D eigenvalue weighted by Gasteiger charge is -2.29. The molecule has 4 rings (SSSR count). The van der Waals surface area contributed by atoms with Crippen LogP contribution in [0.15, 0.2) is 52.7 Å². The zero-order valence-electron chi connectivity index (χ0n) is 20.7. The van der Waals surface area contributed by atoms with Gasteiger partial charge in [0.05, 0.1) is 0 Å². The van der Waals surface area contributed by atoms with Gasteiger partial charge in [-0.05, 0) is 42.6 Å². The minimum absolute atomic E-state index is 0.0251. The fourth-order valence-electron chi connectivity index (χ4n) is 4.06. The number of likely N-dealkylation sites (tertiary alicyclic amines) is 1. The highest BCUT2D eigenvalue weighted by atomic mass is 32.2. The molecule has 1 saturated heterocycles. The van der Waals surface area contributed by atoms with Crippen molar-refractivity contribution in [2.75, 3.05) is 29.8 Å². The van der Waals surface area contributed by atoms with Crippen LogP contribution in [0.1, 0.15) is 17.5 Å². The maximum Gasteiger partial charge on any atom is 0.490 e.